The minimum Gasteiger partial charge on any atom is -0.494 e. The van der Waals surface area contributed by atoms with Crippen molar-refractivity contribution in [3.8, 4) is 11.5 Å². The molecule has 1 aliphatic heterocycles. The van der Waals surface area contributed by atoms with Crippen LogP contribution < -0.4 is 9.47 Å². The highest BCUT2D eigenvalue weighted by Crippen LogP contribution is 2.33. The minimum absolute atomic E-state index is 0.166. The molecule has 3 aromatic rings. The molecule has 0 unspecified atom stereocenters. The van der Waals surface area contributed by atoms with Gasteiger partial charge in [0.2, 0.25) is 0 Å². The van der Waals surface area contributed by atoms with Crippen molar-refractivity contribution in [3.63, 3.8) is 0 Å². The van der Waals surface area contributed by atoms with Gasteiger partial charge in [0.05, 0.1) is 18.8 Å². The van der Waals surface area contributed by atoms with Crippen LogP contribution in [0.4, 0.5) is 0 Å². The van der Waals surface area contributed by atoms with E-state index >= 15 is 0 Å². The highest BCUT2D eigenvalue weighted by atomic mass is 16.5. The number of carbonyl (C=O) groups excluding carboxylic acids is 2. The summed E-state index contributed by atoms with van der Waals surface area (Å²) in [6.45, 7) is 5.99. The number of fused-ring (bicyclic) bond motifs is 1. The fraction of sp³-hybridized carbons (Fsp3) is 0.444. The van der Waals surface area contributed by atoms with Crippen molar-refractivity contribution < 1.29 is 23.8 Å². The molecule has 0 atom stereocenters. The van der Waals surface area contributed by atoms with Crippen LogP contribution in [-0.2, 0) is 4.74 Å². The Morgan fingerprint density at radius 3 is 1.17 bits per heavy atom. The number of ether oxygens (including phenoxy) is 3. The Labute approximate surface area is 355 Å². The van der Waals surface area contributed by atoms with Gasteiger partial charge in [-0.3, -0.25) is 9.59 Å². The Balaban J connectivity index is 1.13. The van der Waals surface area contributed by atoms with E-state index in [0.29, 0.717) is 28.2 Å². The summed E-state index contributed by atoms with van der Waals surface area (Å²) in [7, 11) is 0. The van der Waals surface area contributed by atoms with Crippen LogP contribution in [0.15, 0.2) is 120 Å². The standard InChI is InChI=1S/C54H68O5/c1-3-5-7-9-11-13-15-17-19-23-39-57-46-33-27-43(28-34-46)31-37-48-41-45(52-53(55)50-25-21-22-26-51(50)54(52)56)42-49(59-48)38-32-44-29-35-47(36-30-44)58-40-24-20-18-16-14-12-10-8-6-4-2/h21-22,25-38,41-42H,3-20,23-24,39-40H2,1-2H3/b37-31+,38-32+. The zero-order valence-electron chi connectivity index (χ0n) is 36.0. The summed E-state index contributed by atoms with van der Waals surface area (Å²) < 4.78 is 18.4. The van der Waals surface area contributed by atoms with Crippen molar-refractivity contribution in [3.05, 3.63) is 142 Å². The van der Waals surface area contributed by atoms with Gasteiger partial charge in [-0.1, -0.05) is 190 Å². The molecule has 0 saturated heterocycles. The molecule has 5 heteroatoms. The predicted octanol–water partition coefficient (Wildman–Crippen LogP) is 15.2. The van der Waals surface area contributed by atoms with E-state index < -0.39 is 0 Å². The average molecular weight is 797 g/mol. The normalized spacial score (nSPS) is 13.9. The quantitative estimate of drug-likeness (QED) is 0.0416. The summed E-state index contributed by atoms with van der Waals surface area (Å²) in [5.41, 5.74) is 3.55. The van der Waals surface area contributed by atoms with Crippen molar-refractivity contribution in [2.75, 3.05) is 13.2 Å². The van der Waals surface area contributed by atoms with Crippen LogP contribution in [0.2, 0.25) is 0 Å². The first-order valence-corrected chi connectivity index (χ1v) is 22.9. The van der Waals surface area contributed by atoms with Gasteiger partial charge in [0, 0.05) is 11.1 Å². The van der Waals surface area contributed by atoms with Crippen LogP contribution in [0.25, 0.3) is 12.2 Å². The lowest BCUT2D eigenvalue weighted by molar-refractivity contribution is 0.0987. The lowest BCUT2D eigenvalue weighted by atomic mass is 10.00. The smallest absolute Gasteiger partial charge is 0.198 e. The van der Waals surface area contributed by atoms with Gasteiger partial charge in [0.25, 0.3) is 0 Å². The molecule has 0 N–H and O–H groups in total. The molecule has 3 aromatic carbocycles. The minimum atomic E-state index is -0.261. The Bertz CT molecular complexity index is 1750. The van der Waals surface area contributed by atoms with E-state index in [9.17, 15) is 9.59 Å². The van der Waals surface area contributed by atoms with Gasteiger partial charge >= 0.3 is 0 Å². The summed E-state index contributed by atoms with van der Waals surface area (Å²) in [6, 6.07) is 23.1. The Hall–Kier alpha value is -4.90. The van der Waals surface area contributed by atoms with Crippen molar-refractivity contribution in [2.45, 2.75) is 142 Å². The van der Waals surface area contributed by atoms with Gasteiger partial charge in [-0.05, 0) is 78.1 Å². The third-order valence-corrected chi connectivity index (χ3v) is 11.2. The number of hydrogen-bond donors (Lipinski definition) is 0. The maximum Gasteiger partial charge on any atom is 0.198 e. The van der Waals surface area contributed by atoms with E-state index in [-0.39, 0.29) is 17.1 Å². The van der Waals surface area contributed by atoms with Gasteiger partial charge in [-0.2, -0.15) is 0 Å². The van der Waals surface area contributed by atoms with Gasteiger partial charge in [-0.25, -0.2) is 0 Å². The van der Waals surface area contributed by atoms with Gasteiger partial charge in [0.1, 0.15) is 23.0 Å². The number of hydrogen-bond acceptors (Lipinski definition) is 5. The molecule has 1 heterocycles. The second-order valence-corrected chi connectivity index (χ2v) is 16.1. The van der Waals surface area contributed by atoms with Crippen LogP contribution in [0.1, 0.15) is 174 Å². The third-order valence-electron chi connectivity index (χ3n) is 11.2. The number of rotatable bonds is 28. The molecule has 0 amide bonds. The Kier molecular flexibility index (Phi) is 20.1. The maximum atomic E-state index is 13.5. The first-order valence-electron chi connectivity index (χ1n) is 22.9. The van der Waals surface area contributed by atoms with Gasteiger partial charge < -0.3 is 14.2 Å². The molecule has 0 aromatic heterocycles. The van der Waals surface area contributed by atoms with Gasteiger partial charge in [-0.15, -0.1) is 0 Å². The van der Waals surface area contributed by atoms with Crippen LogP contribution in [0, 0.1) is 0 Å². The summed E-state index contributed by atoms with van der Waals surface area (Å²) in [6.07, 6.45) is 37.3. The maximum absolute atomic E-state index is 13.5. The number of carbonyl (C=O) groups is 2. The van der Waals surface area contributed by atoms with Crippen molar-refractivity contribution in [1.82, 2.24) is 0 Å². The fourth-order valence-corrected chi connectivity index (χ4v) is 7.63. The molecule has 0 bridgehead atoms. The summed E-state index contributed by atoms with van der Waals surface area (Å²) in [5, 5.41) is 0. The SMILES string of the molecule is CCCCCCCCCCCCOc1ccc(/C=C/C2=CC(=C3C(=O)c4ccccc4C3=O)C=C(/C=C/c3ccc(OCCCCCCCCCCCC)cc3)O2)cc1. The van der Waals surface area contributed by atoms with E-state index in [1.54, 1.807) is 36.4 Å². The molecule has 59 heavy (non-hydrogen) atoms. The topological polar surface area (TPSA) is 61.8 Å². The predicted molar refractivity (Wildman–Crippen MR) is 245 cm³/mol. The lowest BCUT2D eigenvalue weighted by Crippen LogP contribution is -2.07. The number of unbranched alkanes of at least 4 members (excludes halogenated alkanes) is 18. The van der Waals surface area contributed by atoms with E-state index in [2.05, 4.69) is 13.8 Å². The molecule has 314 valence electrons. The second kappa shape index (κ2) is 26.3. The highest BCUT2D eigenvalue weighted by molar-refractivity contribution is 6.40. The van der Waals surface area contributed by atoms with Crippen LogP contribution >= 0.6 is 0 Å². The summed E-state index contributed by atoms with van der Waals surface area (Å²) in [4.78, 5) is 27.0. The third kappa shape index (κ3) is 15.7. The monoisotopic (exact) mass is 797 g/mol. The molecular formula is C54H68O5. The molecule has 0 radical (unpaired) electrons. The summed E-state index contributed by atoms with van der Waals surface area (Å²) >= 11 is 0. The van der Waals surface area contributed by atoms with Crippen LogP contribution in [0.5, 0.6) is 11.5 Å². The lowest BCUT2D eigenvalue weighted by Gasteiger charge is -2.15. The molecule has 5 rings (SSSR count). The van der Waals surface area contributed by atoms with Gasteiger partial charge in [0.15, 0.2) is 11.6 Å². The number of Topliss-reactive ketones (excluding diaryl/α,β-unsaturated/α-hetero) is 2. The molecule has 5 nitrogen and oxygen atoms in total. The van der Waals surface area contributed by atoms with Crippen LogP contribution in [-0.4, -0.2) is 24.8 Å². The molecule has 0 spiro atoms. The number of allylic oxidation sites excluding steroid dienone is 6. The number of ketones is 2. The van der Waals surface area contributed by atoms with E-state index in [4.69, 9.17) is 14.2 Å². The first kappa shape index (κ1) is 45.2. The molecule has 1 aliphatic carbocycles. The molecule has 0 fully saturated rings. The first-order chi connectivity index (χ1) is 29.1. The summed E-state index contributed by atoms with van der Waals surface area (Å²) in [5.74, 6) is 2.26. The second-order valence-electron chi connectivity index (χ2n) is 16.1. The van der Waals surface area contributed by atoms with E-state index in [1.807, 2.05) is 72.8 Å². The highest BCUT2D eigenvalue weighted by Gasteiger charge is 2.35. The largest absolute Gasteiger partial charge is 0.494 e. The van der Waals surface area contributed by atoms with Crippen LogP contribution in [0.3, 0.4) is 0 Å². The molecule has 0 saturated carbocycles. The van der Waals surface area contributed by atoms with Crippen molar-refractivity contribution in [2.24, 2.45) is 0 Å². The zero-order valence-corrected chi connectivity index (χ0v) is 36.0. The fourth-order valence-electron chi connectivity index (χ4n) is 7.63. The average Bonchev–Trinajstić information content (AvgIpc) is 3.52. The Morgan fingerprint density at radius 2 is 0.797 bits per heavy atom. The van der Waals surface area contributed by atoms with Crippen molar-refractivity contribution >= 4 is 23.7 Å². The Morgan fingerprint density at radius 1 is 0.441 bits per heavy atom. The number of benzene rings is 3. The van der Waals surface area contributed by atoms with E-state index in [1.165, 1.54) is 116 Å². The van der Waals surface area contributed by atoms with Crippen molar-refractivity contribution in [1.29, 1.82) is 0 Å². The molecule has 2 aliphatic rings. The molecular weight excluding hydrogens is 729 g/mol. The zero-order chi connectivity index (χ0) is 41.3. The van der Waals surface area contributed by atoms with E-state index in [0.717, 1.165) is 48.7 Å².